The Hall–Kier alpha value is -1.24. The summed E-state index contributed by atoms with van der Waals surface area (Å²) in [7, 11) is 1.90. The van der Waals surface area contributed by atoms with Crippen LogP contribution in [-0.2, 0) is 19.9 Å². The number of nitrogens with two attached hydrogens (primary N) is 1. The molecule has 1 aliphatic carbocycles. The van der Waals surface area contributed by atoms with E-state index in [4.69, 9.17) is 5.84 Å². The third kappa shape index (κ3) is 2.39. The Balaban J connectivity index is 1.89. The van der Waals surface area contributed by atoms with Crippen LogP contribution in [0, 0.1) is 5.92 Å². The molecule has 0 spiro atoms. The van der Waals surface area contributed by atoms with Crippen molar-refractivity contribution in [3.63, 3.8) is 0 Å². The summed E-state index contributed by atoms with van der Waals surface area (Å²) >= 11 is 3.47. The van der Waals surface area contributed by atoms with Gasteiger partial charge in [0.1, 0.15) is 0 Å². The number of nitrogens with one attached hydrogen (secondary N) is 1. The highest BCUT2D eigenvalue weighted by atomic mass is 79.9. The highest BCUT2D eigenvalue weighted by molar-refractivity contribution is 9.10. The van der Waals surface area contributed by atoms with Crippen molar-refractivity contribution in [3.05, 3.63) is 45.7 Å². The van der Waals surface area contributed by atoms with Gasteiger partial charge in [0.15, 0.2) is 4.60 Å². The molecule has 2 aromatic rings. The van der Waals surface area contributed by atoms with E-state index in [1.807, 2.05) is 7.05 Å². The van der Waals surface area contributed by atoms with E-state index in [0.29, 0.717) is 5.92 Å². The number of hydrogen-bond acceptors (Lipinski definition) is 4. The lowest BCUT2D eigenvalue weighted by Crippen LogP contribution is -2.37. The molecule has 0 fully saturated rings. The normalized spacial score (nSPS) is 19.6. The Morgan fingerprint density at radius 3 is 2.80 bits per heavy atom. The average Bonchev–Trinajstić information content (AvgIpc) is 2.80. The van der Waals surface area contributed by atoms with E-state index in [0.717, 1.165) is 29.6 Å². The van der Waals surface area contributed by atoms with Gasteiger partial charge in [-0.2, -0.15) is 0 Å². The summed E-state index contributed by atoms with van der Waals surface area (Å²) in [5, 5.41) is 8.11. The first-order valence-corrected chi connectivity index (χ1v) is 7.58. The number of rotatable bonds is 3. The van der Waals surface area contributed by atoms with Crippen molar-refractivity contribution in [1.82, 2.24) is 20.4 Å². The standard InChI is InChI=1S/C14H18BrN5/c1-20-13(14(15)18-19-20)12(17-16)11-7-6-9-4-2-3-5-10(9)8-11/h2-5,11-12,17H,6-8,16H2,1H3. The molecule has 20 heavy (non-hydrogen) atoms. The monoisotopic (exact) mass is 335 g/mol. The SMILES string of the molecule is Cn1nnc(Br)c1C(NN)C1CCc2ccccc2C1. The summed E-state index contributed by atoms with van der Waals surface area (Å²) in [6.45, 7) is 0. The van der Waals surface area contributed by atoms with Gasteiger partial charge in [-0.15, -0.1) is 5.10 Å². The largest absolute Gasteiger partial charge is 0.271 e. The van der Waals surface area contributed by atoms with Crippen LogP contribution in [0.5, 0.6) is 0 Å². The maximum Gasteiger partial charge on any atom is 0.153 e. The van der Waals surface area contributed by atoms with Crippen LogP contribution in [0.3, 0.4) is 0 Å². The number of aromatic nitrogens is 3. The summed E-state index contributed by atoms with van der Waals surface area (Å²) in [5.74, 6) is 6.26. The number of hydrazine groups is 1. The van der Waals surface area contributed by atoms with Crippen LogP contribution in [0.15, 0.2) is 28.9 Å². The zero-order valence-corrected chi connectivity index (χ0v) is 13.0. The molecule has 2 atom stereocenters. The van der Waals surface area contributed by atoms with Gasteiger partial charge in [-0.1, -0.05) is 29.5 Å². The first-order chi connectivity index (χ1) is 9.70. The third-order valence-electron chi connectivity index (χ3n) is 4.16. The lowest BCUT2D eigenvalue weighted by atomic mass is 9.79. The second-order valence-electron chi connectivity index (χ2n) is 5.31. The van der Waals surface area contributed by atoms with Gasteiger partial charge < -0.3 is 0 Å². The van der Waals surface area contributed by atoms with Crippen molar-refractivity contribution in [2.75, 3.05) is 0 Å². The molecule has 0 aliphatic heterocycles. The minimum absolute atomic E-state index is 0.0535. The Kier molecular flexibility index (Phi) is 3.87. The fourth-order valence-corrected chi connectivity index (χ4v) is 3.69. The van der Waals surface area contributed by atoms with Crippen molar-refractivity contribution < 1.29 is 0 Å². The van der Waals surface area contributed by atoms with Crippen molar-refractivity contribution in [3.8, 4) is 0 Å². The molecule has 2 unspecified atom stereocenters. The molecule has 0 bridgehead atoms. The predicted molar refractivity (Wildman–Crippen MR) is 80.7 cm³/mol. The van der Waals surface area contributed by atoms with Crippen LogP contribution in [0.1, 0.15) is 29.3 Å². The molecule has 3 rings (SSSR count). The lowest BCUT2D eigenvalue weighted by Gasteiger charge is -2.31. The van der Waals surface area contributed by atoms with Gasteiger partial charge in [0, 0.05) is 7.05 Å². The smallest absolute Gasteiger partial charge is 0.153 e. The van der Waals surface area contributed by atoms with E-state index in [1.165, 1.54) is 11.1 Å². The zero-order valence-electron chi connectivity index (χ0n) is 11.4. The molecule has 106 valence electrons. The van der Waals surface area contributed by atoms with Gasteiger partial charge in [0.05, 0.1) is 11.7 Å². The van der Waals surface area contributed by atoms with Crippen LogP contribution < -0.4 is 11.3 Å². The lowest BCUT2D eigenvalue weighted by molar-refractivity contribution is 0.315. The van der Waals surface area contributed by atoms with E-state index in [2.05, 4.69) is 55.9 Å². The zero-order chi connectivity index (χ0) is 14.1. The summed E-state index contributed by atoms with van der Waals surface area (Å²) in [4.78, 5) is 0. The van der Waals surface area contributed by atoms with Gasteiger partial charge in [-0.25, -0.2) is 4.68 Å². The highest BCUT2D eigenvalue weighted by Gasteiger charge is 2.30. The molecule has 0 amide bonds. The van der Waals surface area contributed by atoms with Crippen LogP contribution >= 0.6 is 15.9 Å². The van der Waals surface area contributed by atoms with Crippen LogP contribution in [0.4, 0.5) is 0 Å². The topological polar surface area (TPSA) is 68.8 Å². The first-order valence-electron chi connectivity index (χ1n) is 6.78. The van der Waals surface area contributed by atoms with Gasteiger partial charge in [-0.3, -0.25) is 11.3 Å². The van der Waals surface area contributed by atoms with E-state index < -0.39 is 0 Å². The maximum absolute atomic E-state index is 5.81. The Labute approximate surface area is 126 Å². The molecule has 6 heteroatoms. The number of aryl methyl sites for hydroxylation is 2. The average molecular weight is 336 g/mol. The van der Waals surface area contributed by atoms with Crippen LogP contribution in [0.25, 0.3) is 0 Å². The minimum Gasteiger partial charge on any atom is -0.271 e. The Bertz CT molecular complexity index is 590. The predicted octanol–water partition coefficient (Wildman–Crippen LogP) is 1.89. The molecule has 1 aliphatic rings. The van der Waals surface area contributed by atoms with Gasteiger partial charge >= 0.3 is 0 Å². The van der Waals surface area contributed by atoms with E-state index >= 15 is 0 Å². The number of halogens is 1. The second-order valence-corrected chi connectivity index (χ2v) is 6.06. The van der Waals surface area contributed by atoms with Gasteiger partial charge in [0.2, 0.25) is 0 Å². The van der Waals surface area contributed by atoms with Crippen LogP contribution in [-0.4, -0.2) is 15.0 Å². The quantitative estimate of drug-likeness (QED) is 0.663. The molecule has 1 aromatic carbocycles. The van der Waals surface area contributed by atoms with E-state index in [1.54, 1.807) is 4.68 Å². The van der Waals surface area contributed by atoms with Gasteiger partial charge in [0.25, 0.3) is 0 Å². The number of nitrogens with zero attached hydrogens (tertiary/aromatic N) is 3. The Morgan fingerprint density at radius 2 is 2.15 bits per heavy atom. The number of hydrogen-bond donors (Lipinski definition) is 2. The highest BCUT2D eigenvalue weighted by Crippen LogP contribution is 2.35. The molecule has 5 nitrogen and oxygen atoms in total. The first kappa shape index (κ1) is 13.7. The third-order valence-corrected chi connectivity index (χ3v) is 4.72. The molecule has 1 heterocycles. The number of benzene rings is 1. The molecule has 3 N–H and O–H groups in total. The molecule has 0 saturated carbocycles. The van der Waals surface area contributed by atoms with E-state index in [-0.39, 0.29) is 6.04 Å². The summed E-state index contributed by atoms with van der Waals surface area (Å²) in [6, 6.07) is 8.70. The van der Waals surface area contributed by atoms with Crippen molar-refractivity contribution in [2.45, 2.75) is 25.3 Å². The molecular weight excluding hydrogens is 318 g/mol. The molecule has 0 saturated heterocycles. The maximum atomic E-state index is 5.81. The molecule has 0 radical (unpaired) electrons. The molecule has 1 aromatic heterocycles. The molecular formula is C14H18BrN5. The summed E-state index contributed by atoms with van der Waals surface area (Å²) in [6.07, 6.45) is 3.24. The Morgan fingerprint density at radius 1 is 1.40 bits per heavy atom. The summed E-state index contributed by atoms with van der Waals surface area (Å²) < 4.78 is 2.55. The summed E-state index contributed by atoms with van der Waals surface area (Å²) in [5.41, 5.74) is 6.85. The van der Waals surface area contributed by atoms with Crippen molar-refractivity contribution >= 4 is 15.9 Å². The second kappa shape index (κ2) is 5.63. The van der Waals surface area contributed by atoms with Crippen molar-refractivity contribution in [1.29, 1.82) is 0 Å². The number of fused-ring (bicyclic) bond motifs is 1. The van der Waals surface area contributed by atoms with Gasteiger partial charge in [-0.05, 0) is 52.2 Å². The van der Waals surface area contributed by atoms with Crippen molar-refractivity contribution in [2.24, 2.45) is 18.8 Å². The fourth-order valence-electron chi connectivity index (χ4n) is 3.12. The van der Waals surface area contributed by atoms with Crippen LogP contribution in [0.2, 0.25) is 0 Å². The minimum atomic E-state index is 0.0535. The fraction of sp³-hybridized carbons (Fsp3) is 0.429. The van der Waals surface area contributed by atoms with E-state index in [9.17, 15) is 0 Å².